The van der Waals surface area contributed by atoms with Crippen molar-refractivity contribution in [2.75, 3.05) is 12.4 Å². The molecule has 1 atom stereocenters. The Morgan fingerprint density at radius 2 is 1.68 bits per heavy atom. The molecule has 0 spiro atoms. The van der Waals surface area contributed by atoms with E-state index in [-0.39, 0.29) is 23.1 Å². The molecule has 0 saturated carbocycles. The Morgan fingerprint density at radius 3 is 2.24 bits per heavy atom. The SMILES string of the molecule is COc1ccc(NC(=O)[C@@H](NC(=O)c2ccccc2O)C(C)C)cc1. The molecular formula is C19H22N2O4. The number of phenols is 1. The van der Waals surface area contributed by atoms with Crippen LogP contribution in [0.25, 0.3) is 0 Å². The second-order valence-corrected chi connectivity index (χ2v) is 5.93. The Labute approximate surface area is 146 Å². The number of methoxy groups -OCH3 is 1. The van der Waals surface area contributed by atoms with Crippen molar-refractivity contribution in [1.82, 2.24) is 5.32 Å². The number of aromatic hydroxyl groups is 1. The molecule has 0 fully saturated rings. The second kappa shape index (κ2) is 8.19. The van der Waals surface area contributed by atoms with E-state index in [0.717, 1.165) is 0 Å². The summed E-state index contributed by atoms with van der Waals surface area (Å²) in [6.45, 7) is 3.67. The molecule has 0 aliphatic carbocycles. The molecule has 0 aromatic heterocycles. The van der Waals surface area contributed by atoms with E-state index < -0.39 is 11.9 Å². The van der Waals surface area contributed by atoms with Gasteiger partial charge in [-0.3, -0.25) is 9.59 Å². The Hall–Kier alpha value is -3.02. The zero-order chi connectivity index (χ0) is 18.4. The average molecular weight is 342 g/mol. The smallest absolute Gasteiger partial charge is 0.255 e. The summed E-state index contributed by atoms with van der Waals surface area (Å²) in [7, 11) is 1.57. The molecule has 2 rings (SSSR count). The normalized spacial score (nSPS) is 11.7. The number of benzene rings is 2. The van der Waals surface area contributed by atoms with Crippen LogP contribution in [0.15, 0.2) is 48.5 Å². The van der Waals surface area contributed by atoms with E-state index in [4.69, 9.17) is 4.74 Å². The van der Waals surface area contributed by atoms with Gasteiger partial charge >= 0.3 is 0 Å². The summed E-state index contributed by atoms with van der Waals surface area (Å²) < 4.78 is 5.08. The fourth-order valence-corrected chi connectivity index (χ4v) is 2.31. The van der Waals surface area contributed by atoms with Gasteiger partial charge in [0, 0.05) is 5.69 Å². The van der Waals surface area contributed by atoms with Gasteiger partial charge in [-0.25, -0.2) is 0 Å². The van der Waals surface area contributed by atoms with Crippen molar-refractivity contribution in [2.45, 2.75) is 19.9 Å². The molecule has 6 heteroatoms. The number of anilines is 1. The molecule has 0 aliphatic rings. The van der Waals surface area contributed by atoms with Gasteiger partial charge in [-0.15, -0.1) is 0 Å². The van der Waals surface area contributed by atoms with Crippen LogP contribution in [-0.4, -0.2) is 30.1 Å². The number of para-hydroxylation sites is 1. The molecule has 132 valence electrons. The summed E-state index contributed by atoms with van der Waals surface area (Å²) in [5, 5.41) is 15.2. The highest BCUT2D eigenvalue weighted by molar-refractivity contribution is 6.02. The van der Waals surface area contributed by atoms with Crippen LogP contribution < -0.4 is 15.4 Å². The first-order valence-corrected chi connectivity index (χ1v) is 7.96. The Balaban J connectivity index is 2.10. The first kappa shape index (κ1) is 18.3. The van der Waals surface area contributed by atoms with Crippen LogP contribution in [0.1, 0.15) is 24.2 Å². The van der Waals surface area contributed by atoms with Crippen molar-refractivity contribution < 1.29 is 19.4 Å². The molecule has 25 heavy (non-hydrogen) atoms. The third-order valence-corrected chi connectivity index (χ3v) is 3.74. The molecule has 0 heterocycles. The van der Waals surface area contributed by atoms with E-state index in [0.29, 0.717) is 11.4 Å². The Kier molecular flexibility index (Phi) is 6.00. The fourth-order valence-electron chi connectivity index (χ4n) is 2.31. The number of ether oxygens (including phenoxy) is 1. The molecule has 0 radical (unpaired) electrons. The number of hydrogen-bond donors (Lipinski definition) is 3. The van der Waals surface area contributed by atoms with Gasteiger partial charge in [-0.05, 0) is 42.3 Å². The summed E-state index contributed by atoms with van der Waals surface area (Å²) in [5.74, 6) is -0.400. The summed E-state index contributed by atoms with van der Waals surface area (Å²) in [5.41, 5.74) is 0.735. The molecule has 0 bridgehead atoms. The van der Waals surface area contributed by atoms with Gasteiger partial charge in [-0.1, -0.05) is 26.0 Å². The molecule has 3 N–H and O–H groups in total. The van der Waals surface area contributed by atoms with Crippen molar-refractivity contribution in [3.63, 3.8) is 0 Å². The molecule has 6 nitrogen and oxygen atoms in total. The average Bonchev–Trinajstić information content (AvgIpc) is 2.60. The van der Waals surface area contributed by atoms with Crippen LogP contribution in [0.5, 0.6) is 11.5 Å². The molecule has 0 aliphatic heterocycles. The lowest BCUT2D eigenvalue weighted by Crippen LogP contribution is -2.47. The van der Waals surface area contributed by atoms with Gasteiger partial charge in [0.1, 0.15) is 17.5 Å². The first-order valence-electron chi connectivity index (χ1n) is 7.96. The number of rotatable bonds is 6. The molecular weight excluding hydrogens is 320 g/mol. The summed E-state index contributed by atoms with van der Waals surface area (Å²) in [6, 6.07) is 12.4. The molecule has 2 aromatic rings. The lowest BCUT2D eigenvalue weighted by atomic mass is 10.0. The zero-order valence-corrected chi connectivity index (χ0v) is 14.4. The van der Waals surface area contributed by atoms with E-state index in [2.05, 4.69) is 10.6 Å². The number of nitrogens with one attached hydrogen (secondary N) is 2. The third-order valence-electron chi connectivity index (χ3n) is 3.74. The zero-order valence-electron chi connectivity index (χ0n) is 14.4. The largest absolute Gasteiger partial charge is 0.507 e. The summed E-state index contributed by atoms with van der Waals surface area (Å²) >= 11 is 0. The fraction of sp³-hybridized carbons (Fsp3) is 0.263. The maximum atomic E-state index is 12.5. The van der Waals surface area contributed by atoms with E-state index in [1.807, 2.05) is 13.8 Å². The van der Waals surface area contributed by atoms with Gasteiger partial charge in [0.15, 0.2) is 0 Å². The highest BCUT2D eigenvalue weighted by Gasteiger charge is 2.25. The number of amides is 2. The second-order valence-electron chi connectivity index (χ2n) is 5.93. The van der Waals surface area contributed by atoms with Crippen molar-refractivity contribution in [3.8, 4) is 11.5 Å². The van der Waals surface area contributed by atoms with Crippen molar-refractivity contribution in [2.24, 2.45) is 5.92 Å². The number of carbonyl (C=O) groups is 2. The van der Waals surface area contributed by atoms with Gasteiger partial charge in [0.25, 0.3) is 5.91 Å². The Bertz CT molecular complexity index is 741. The highest BCUT2D eigenvalue weighted by atomic mass is 16.5. The van der Waals surface area contributed by atoms with Gasteiger partial charge in [0.2, 0.25) is 5.91 Å². The van der Waals surface area contributed by atoms with E-state index in [9.17, 15) is 14.7 Å². The molecule has 0 saturated heterocycles. The van der Waals surface area contributed by atoms with Crippen molar-refractivity contribution in [1.29, 1.82) is 0 Å². The van der Waals surface area contributed by atoms with Crippen LogP contribution in [-0.2, 0) is 4.79 Å². The van der Waals surface area contributed by atoms with Gasteiger partial charge in [0.05, 0.1) is 12.7 Å². The maximum Gasteiger partial charge on any atom is 0.255 e. The van der Waals surface area contributed by atoms with Gasteiger partial charge in [-0.2, -0.15) is 0 Å². The van der Waals surface area contributed by atoms with E-state index in [1.165, 1.54) is 12.1 Å². The van der Waals surface area contributed by atoms with Gasteiger partial charge < -0.3 is 20.5 Å². The quantitative estimate of drug-likeness (QED) is 0.753. The lowest BCUT2D eigenvalue weighted by molar-refractivity contribution is -0.118. The number of phenolic OH excluding ortho intramolecular Hbond substituents is 1. The van der Waals surface area contributed by atoms with E-state index >= 15 is 0 Å². The van der Waals surface area contributed by atoms with Crippen LogP contribution in [0, 0.1) is 5.92 Å². The summed E-state index contributed by atoms with van der Waals surface area (Å²) in [4.78, 5) is 24.9. The first-order chi connectivity index (χ1) is 11.9. The highest BCUT2D eigenvalue weighted by Crippen LogP contribution is 2.18. The minimum Gasteiger partial charge on any atom is -0.507 e. The molecule has 2 amide bonds. The predicted octanol–water partition coefficient (Wildman–Crippen LogP) is 2.79. The molecule has 0 unspecified atom stereocenters. The maximum absolute atomic E-state index is 12.5. The van der Waals surface area contributed by atoms with Crippen molar-refractivity contribution in [3.05, 3.63) is 54.1 Å². The topological polar surface area (TPSA) is 87.7 Å². The predicted molar refractivity (Wildman–Crippen MR) is 95.8 cm³/mol. The van der Waals surface area contributed by atoms with Crippen LogP contribution in [0.4, 0.5) is 5.69 Å². The van der Waals surface area contributed by atoms with Crippen LogP contribution in [0.3, 0.4) is 0 Å². The monoisotopic (exact) mass is 342 g/mol. The number of hydrogen-bond acceptors (Lipinski definition) is 4. The standard InChI is InChI=1S/C19H22N2O4/c1-12(2)17(21-18(23)15-6-4-5-7-16(15)22)19(24)20-13-8-10-14(25-3)11-9-13/h4-12,17,22H,1-3H3,(H,20,24)(H,21,23)/t17-/m0/s1. The lowest BCUT2D eigenvalue weighted by Gasteiger charge is -2.22. The minimum atomic E-state index is -0.741. The van der Waals surface area contributed by atoms with E-state index in [1.54, 1.807) is 43.5 Å². The van der Waals surface area contributed by atoms with Crippen molar-refractivity contribution >= 4 is 17.5 Å². The molecule has 2 aromatic carbocycles. The van der Waals surface area contributed by atoms with Crippen LogP contribution >= 0.6 is 0 Å². The van der Waals surface area contributed by atoms with Crippen LogP contribution in [0.2, 0.25) is 0 Å². The summed E-state index contributed by atoms with van der Waals surface area (Å²) in [6.07, 6.45) is 0. The number of carbonyl (C=O) groups excluding carboxylic acids is 2. The Morgan fingerprint density at radius 1 is 1.04 bits per heavy atom. The minimum absolute atomic E-state index is 0.127. The third kappa shape index (κ3) is 4.73.